The highest BCUT2D eigenvalue weighted by Gasteiger charge is 2.08. The van der Waals surface area contributed by atoms with E-state index in [0.717, 1.165) is 36.9 Å². The summed E-state index contributed by atoms with van der Waals surface area (Å²) in [6.45, 7) is -0.381. The van der Waals surface area contributed by atoms with Crippen molar-refractivity contribution in [2.24, 2.45) is 0 Å². The van der Waals surface area contributed by atoms with Crippen LogP contribution < -0.4 is 11.1 Å². The van der Waals surface area contributed by atoms with E-state index in [1.165, 1.54) is 11.3 Å². The number of aliphatic hydroxyl groups excluding tert-OH is 1. The second-order valence-corrected chi connectivity index (χ2v) is 6.68. The normalized spacial score (nSPS) is 10.6. The number of nitrogen functional groups attached to an aromatic ring is 1. The first-order valence-electron chi connectivity index (χ1n) is 8.32. The Morgan fingerprint density at radius 3 is 2.64 bits per heavy atom. The fraction of sp³-hybridized carbons (Fsp3) is 0.389. The summed E-state index contributed by atoms with van der Waals surface area (Å²) in [6, 6.07) is 7.47. The first-order valence-corrected chi connectivity index (χ1v) is 9.20. The third kappa shape index (κ3) is 6.64. The van der Waals surface area contributed by atoms with Gasteiger partial charge in [-0.15, -0.1) is 11.3 Å². The number of anilines is 2. The predicted octanol–water partition coefficient (Wildman–Crippen LogP) is 3.23. The SMILES string of the molecule is Nc1cccc(-c2csc(NC(=O)CCCCCCC(=O)CO)n2)c1. The Labute approximate surface area is 151 Å². The summed E-state index contributed by atoms with van der Waals surface area (Å²) < 4.78 is 0. The van der Waals surface area contributed by atoms with Crippen molar-refractivity contribution in [2.45, 2.75) is 38.5 Å². The molecule has 0 atom stereocenters. The number of ketones is 1. The molecular weight excluding hydrogens is 338 g/mol. The Hall–Kier alpha value is -2.25. The number of rotatable bonds is 10. The van der Waals surface area contributed by atoms with E-state index in [0.29, 0.717) is 23.7 Å². The van der Waals surface area contributed by atoms with E-state index in [1.54, 1.807) is 0 Å². The van der Waals surface area contributed by atoms with Crippen molar-refractivity contribution in [2.75, 3.05) is 17.7 Å². The number of hydrogen-bond donors (Lipinski definition) is 3. The lowest BCUT2D eigenvalue weighted by atomic mass is 10.1. The van der Waals surface area contributed by atoms with Crippen LogP contribution in [0, 0.1) is 0 Å². The first-order chi connectivity index (χ1) is 12.1. The van der Waals surface area contributed by atoms with Crippen molar-refractivity contribution in [1.82, 2.24) is 4.98 Å². The molecule has 0 unspecified atom stereocenters. The molecule has 0 aliphatic rings. The summed E-state index contributed by atoms with van der Waals surface area (Å²) >= 11 is 1.39. The van der Waals surface area contributed by atoms with Gasteiger partial charge in [-0.05, 0) is 25.0 Å². The number of nitrogens with two attached hydrogens (primary N) is 1. The smallest absolute Gasteiger partial charge is 0.226 e. The van der Waals surface area contributed by atoms with E-state index >= 15 is 0 Å². The lowest BCUT2D eigenvalue weighted by molar-refractivity contribution is -0.122. The number of aliphatic hydroxyl groups is 1. The van der Waals surface area contributed by atoms with Gasteiger partial charge >= 0.3 is 0 Å². The molecule has 1 amide bonds. The topological polar surface area (TPSA) is 105 Å². The molecule has 7 heteroatoms. The van der Waals surface area contributed by atoms with Gasteiger partial charge in [0, 0.05) is 29.5 Å². The Balaban J connectivity index is 1.70. The lowest BCUT2D eigenvalue weighted by Gasteiger charge is -2.02. The highest BCUT2D eigenvalue weighted by molar-refractivity contribution is 7.14. The average molecular weight is 361 g/mol. The van der Waals surface area contributed by atoms with Gasteiger partial charge < -0.3 is 16.2 Å². The van der Waals surface area contributed by atoms with Gasteiger partial charge in [-0.2, -0.15) is 0 Å². The molecule has 6 nitrogen and oxygen atoms in total. The summed E-state index contributed by atoms with van der Waals surface area (Å²) in [5.41, 5.74) is 8.17. The van der Waals surface area contributed by atoms with E-state index in [1.807, 2.05) is 29.6 Å². The van der Waals surface area contributed by atoms with Gasteiger partial charge in [0.2, 0.25) is 5.91 Å². The molecule has 1 heterocycles. The van der Waals surface area contributed by atoms with Gasteiger partial charge in [0.15, 0.2) is 10.9 Å². The fourth-order valence-electron chi connectivity index (χ4n) is 2.38. The molecule has 2 aromatic rings. The number of thiazole rings is 1. The molecule has 0 fully saturated rings. The van der Waals surface area contributed by atoms with Crippen molar-refractivity contribution < 1.29 is 14.7 Å². The van der Waals surface area contributed by atoms with E-state index in [-0.39, 0.29) is 18.3 Å². The molecule has 0 saturated carbocycles. The molecule has 0 radical (unpaired) electrons. The van der Waals surface area contributed by atoms with Gasteiger partial charge in [-0.3, -0.25) is 9.59 Å². The second kappa shape index (κ2) is 9.90. The van der Waals surface area contributed by atoms with Crippen LogP contribution in [0.5, 0.6) is 0 Å². The van der Waals surface area contributed by atoms with E-state index < -0.39 is 0 Å². The highest BCUT2D eigenvalue weighted by Crippen LogP contribution is 2.26. The lowest BCUT2D eigenvalue weighted by Crippen LogP contribution is -2.10. The minimum absolute atomic E-state index is 0.0556. The van der Waals surface area contributed by atoms with Crippen LogP contribution in [0.2, 0.25) is 0 Å². The summed E-state index contributed by atoms with van der Waals surface area (Å²) in [7, 11) is 0. The summed E-state index contributed by atoms with van der Waals surface area (Å²) in [5, 5.41) is 13.9. The molecule has 25 heavy (non-hydrogen) atoms. The molecule has 1 aromatic heterocycles. The number of unbranched alkanes of at least 4 members (excludes halogenated alkanes) is 3. The van der Waals surface area contributed by atoms with E-state index in [2.05, 4.69) is 10.3 Å². The Kier molecular flexibility index (Phi) is 7.56. The number of carbonyl (C=O) groups excluding carboxylic acids is 2. The summed E-state index contributed by atoms with van der Waals surface area (Å²) in [4.78, 5) is 27.3. The van der Waals surface area contributed by atoms with Crippen LogP contribution in [-0.2, 0) is 9.59 Å². The predicted molar refractivity (Wildman–Crippen MR) is 100 cm³/mol. The molecule has 0 aliphatic heterocycles. The van der Waals surface area contributed by atoms with Gasteiger partial charge in [-0.25, -0.2) is 4.98 Å². The van der Waals surface area contributed by atoms with Crippen LogP contribution in [0.4, 0.5) is 10.8 Å². The molecule has 0 saturated heterocycles. The number of amides is 1. The highest BCUT2D eigenvalue weighted by atomic mass is 32.1. The maximum absolute atomic E-state index is 11.9. The molecular formula is C18H23N3O3S. The van der Waals surface area contributed by atoms with Crippen molar-refractivity contribution >= 4 is 33.8 Å². The molecule has 0 bridgehead atoms. The summed E-state index contributed by atoms with van der Waals surface area (Å²) in [6.07, 6.45) is 4.15. The van der Waals surface area contributed by atoms with Crippen LogP contribution >= 0.6 is 11.3 Å². The summed E-state index contributed by atoms with van der Waals surface area (Å²) in [5.74, 6) is -0.183. The zero-order valence-electron chi connectivity index (χ0n) is 14.0. The van der Waals surface area contributed by atoms with Crippen LogP contribution in [0.15, 0.2) is 29.6 Å². The number of Topliss-reactive ketones (excluding diaryl/α,β-unsaturated/α-hetero) is 1. The Morgan fingerprint density at radius 1 is 1.16 bits per heavy atom. The van der Waals surface area contributed by atoms with Crippen LogP contribution in [0.3, 0.4) is 0 Å². The zero-order chi connectivity index (χ0) is 18.1. The maximum atomic E-state index is 11.9. The van der Waals surface area contributed by atoms with E-state index in [9.17, 15) is 9.59 Å². The van der Waals surface area contributed by atoms with Crippen molar-refractivity contribution in [3.05, 3.63) is 29.6 Å². The molecule has 4 N–H and O–H groups in total. The van der Waals surface area contributed by atoms with Crippen molar-refractivity contribution in [1.29, 1.82) is 0 Å². The standard InChI is InChI=1S/C18H23N3O3S/c19-14-7-5-6-13(10-14)16-12-25-18(20-16)21-17(24)9-4-2-1-3-8-15(23)11-22/h5-7,10,12,22H,1-4,8-9,11,19H2,(H,20,21,24). The van der Waals surface area contributed by atoms with Gasteiger partial charge in [0.1, 0.15) is 6.61 Å². The monoisotopic (exact) mass is 361 g/mol. The number of aromatic nitrogens is 1. The molecule has 134 valence electrons. The number of hydrogen-bond acceptors (Lipinski definition) is 6. The molecule has 2 rings (SSSR count). The van der Waals surface area contributed by atoms with E-state index in [4.69, 9.17) is 10.8 Å². The molecule has 1 aromatic carbocycles. The Morgan fingerprint density at radius 2 is 1.92 bits per heavy atom. The van der Waals surface area contributed by atoms with Crippen LogP contribution in [-0.4, -0.2) is 28.4 Å². The maximum Gasteiger partial charge on any atom is 0.226 e. The Bertz CT molecular complexity index is 715. The van der Waals surface area contributed by atoms with Crippen molar-refractivity contribution in [3.8, 4) is 11.3 Å². The van der Waals surface area contributed by atoms with Gasteiger partial charge in [0.05, 0.1) is 5.69 Å². The third-order valence-electron chi connectivity index (χ3n) is 3.72. The fourth-order valence-corrected chi connectivity index (χ4v) is 3.12. The quantitative estimate of drug-likeness (QED) is 0.445. The second-order valence-electron chi connectivity index (χ2n) is 5.82. The number of benzene rings is 1. The van der Waals surface area contributed by atoms with Gasteiger partial charge in [-0.1, -0.05) is 25.0 Å². The molecule has 0 spiro atoms. The van der Waals surface area contributed by atoms with Crippen LogP contribution in [0.1, 0.15) is 38.5 Å². The van der Waals surface area contributed by atoms with Gasteiger partial charge in [0.25, 0.3) is 0 Å². The number of nitrogens with one attached hydrogen (secondary N) is 1. The van der Waals surface area contributed by atoms with Crippen molar-refractivity contribution in [3.63, 3.8) is 0 Å². The third-order valence-corrected chi connectivity index (χ3v) is 4.48. The number of carbonyl (C=O) groups is 2. The largest absolute Gasteiger partial charge is 0.399 e. The molecule has 0 aliphatic carbocycles. The first kappa shape index (κ1) is 19.1. The number of nitrogens with zero attached hydrogens (tertiary/aromatic N) is 1. The average Bonchev–Trinajstić information content (AvgIpc) is 3.06. The minimum atomic E-state index is -0.381. The minimum Gasteiger partial charge on any atom is -0.399 e. The van der Waals surface area contributed by atoms with Crippen LogP contribution in [0.25, 0.3) is 11.3 Å². The zero-order valence-corrected chi connectivity index (χ0v) is 14.8.